The van der Waals surface area contributed by atoms with E-state index in [9.17, 15) is 0 Å². The summed E-state index contributed by atoms with van der Waals surface area (Å²) in [4.78, 5) is 4.24. The number of ether oxygens (including phenoxy) is 1. The largest absolute Gasteiger partial charge is 0.486 e. The molecule has 4 rings (SSSR count). The number of pyridine rings is 1. The Balaban J connectivity index is 1.53. The van der Waals surface area contributed by atoms with Crippen molar-refractivity contribution in [2.45, 2.75) is 31.5 Å². The average Bonchev–Trinajstić information content (AvgIpc) is 3.49. The molecule has 1 N–H and O–H groups in total. The van der Waals surface area contributed by atoms with Gasteiger partial charge in [-0.15, -0.1) is 10.2 Å². The summed E-state index contributed by atoms with van der Waals surface area (Å²) in [5.41, 5.74) is 2.81. The molecule has 7 heteroatoms. The van der Waals surface area contributed by atoms with Crippen molar-refractivity contribution in [2.75, 3.05) is 12.4 Å². The monoisotopic (exact) mass is 406 g/mol. The summed E-state index contributed by atoms with van der Waals surface area (Å²) in [7, 11) is 0. The first kappa shape index (κ1) is 19.5. The third-order valence-corrected chi connectivity index (χ3v) is 5.78. The van der Waals surface area contributed by atoms with Gasteiger partial charge < -0.3 is 9.84 Å². The number of rotatable bonds is 7. The molecule has 2 heterocycles. The Morgan fingerprint density at radius 3 is 2.90 bits per heavy atom. The number of aromatic nitrogens is 4. The molecule has 1 aromatic carbocycles. The molecule has 0 unspecified atom stereocenters. The summed E-state index contributed by atoms with van der Waals surface area (Å²) in [6, 6.07) is 9.62. The summed E-state index contributed by atoms with van der Waals surface area (Å²) in [5, 5.41) is 18.5. The summed E-state index contributed by atoms with van der Waals surface area (Å²) in [6.07, 6.45) is 6.18. The molecule has 1 aliphatic carbocycles. The highest BCUT2D eigenvalue weighted by Crippen LogP contribution is 2.35. The number of benzene rings is 1. The lowest BCUT2D eigenvalue weighted by atomic mass is 10.1. The fourth-order valence-corrected chi connectivity index (χ4v) is 4.01. The molecule has 6 nitrogen and oxygen atoms in total. The van der Waals surface area contributed by atoms with Crippen molar-refractivity contribution in [1.82, 2.24) is 19.7 Å². The van der Waals surface area contributed by atoms with Gasteiger partial charge in [0.25, 0.3) is 0 Å². The molecule has 1 fully saturated rings. The molecule has 0 radical (unpaired) electrons. The van der Waals surface area contributed by atoms with Crippen molar-refractivity contribution in [1.29, 1.82) is 0 Å². The molecule has 0 aliphatic heterocycles. The molecular formula is C22H22N4O2S. The Morgan fingerprint density at radius 2 is 2.17 bits per heavy atom. The summed E-state index contributed by atoms with van der Waals surface area (Å²) in [6.45, 7) is 2.12. The van der Waals surface area contributed by atoms with Crippen molar-refractivity contribution in [3.8, 4) is 23.3 Å². The lowest BCUT2D eigenvalue weighted by Crippen LogP contribution is -2.07. The smallest absolute Gasteiger partial charge is 0.195 e. The third kappa shape index (κ3) is 4.97. The second kappa shape index (κ2) is 9.12. The molecule has 0 bridgehead atoms. The number of aliphatic hydroxyl groups excluding tert-OH is 1. The van der Waals surface area contributed by atoms with Crippen LogP contribution in [0.4, 0.5) is 0 Å². The van der Waals surface area contributed by atoms with Crippen LogP contribution in [-0.2, 0) is 6.61 Å². The van der Waals surface area contributed by atoms with Crippen molar-refractivity contribution in [3.63, 3.8) is 0 Å². The second-order valence-electron chi connectivity index (χ2n) is 6.93. The van der Waals surface area contributed by atoms with Crippen LogP contribution < -0.4 is 4.74 Å². The molecule has 148 valence electrons. The van der Waals surface area contributed by atoms with Gasteiger partial charge in [-0.3, -0.25) is 9.55 Å². The van der Waals surface area contributed by atoms with Crippen LogP contribution in [0.5, 0.6) is 5.75 Å². The molecule has 0 amide bonds. The van der Waals surface area contributed by atoms with Gasteiger partial charge in [0, 0.05) is 17.5 Å². The zero-order valence-electron chi connectivity index (χ0n) is 16.2. The lowest BCUT2D eigenvalue weighted by Gasteiger charge is -2.11. The summed E-state index contributed by atoms with van der Waals surface area (Å²) in [5.74, 6) is 8.94. The van der Waals surface area contributed by atoms with Gasteiger partial charge in [-0.1, -0.05) is 23.6 Å². The van der Waals surface area contributed by atoms with E-state index in [4.69, 9.17) is 9.84 Å². The van der Waals surface area contributed by atoms with Crippen LogP contribution in [0.25, 0.3) is 5.69 Å². The minimum atomic E-state index is -0.150. The van der Waals surface area contributed by atoms with Crippen molar-refractivity contribution in [3.05, 3.63) is 59.7 Å². The molecule has 1 saturated carbocycles. The molecular weight excluding hydrogens is 384 g/mol. The van der Waals surface area contributed by atoms with E-state index in [-0.39, 0.29) is 6.61 Å². The first-order chi connectivity index (χ1) is 14.2. The highest BCUT2D eigenvalue weighted by Gasteiger charge is 2.23. The van der Waals surface area contributed by atoms with Crippen molar-refractivity contribution in [2.24, 2.45) is 5.92 Å². The molecule has 3 aromatic rings. The number of aliphatic hydroxyl groups is 1. The fraction of sp³-hybridized carbons (Fsp3) is 0.318. The molecule has 2 aromatic heterocycles. The fourth-order valence-electron chi connectivity index (χ4n) is 2.86. The standard InChI is InChI=1S/C22H22N4O2S/c1-16-12-20(9-8-18(16)4-3-11-27)28-14-21-24-25-22(29-15-17-6-7-17)26(21)19-5-2-10-23-13-19/h2,5,8-10,12-13,17,27H,6-7,11,14-15H2,1H3. The van der Waals surface area contributed by atoms with Gasteiger partial charge >= 0.3 is 0 Å². The Labute approximate surface area is 174 Å². The minimum Gasteiger partial charge on any atom is -0.486 e. The van der Waals surface area contributed by atoms with Crippen LogP contribution in [0.1, 0.15) is 29.8 Å². The van der Waals surface area contributed by atoms with Gasteiger partial charge in [0.2, 0.25) is 0 Å². The minimum absolute atomic E-state index is 0.150. The number of hydrogen-bond acceptors (Lipinski definition) is 6. The van der Waals surface area contributed by atoms with E-state index in [1.807, 2.05) is 48.0 Å². The van der Waals surface area contributed by atoms with Gasteiger partial charge in [-0.25, -0.2) is 0 Å². The molecule has 0 atom stereocenters. The third-order valence-electron chi connectivity index (χ3n) is 4.62. The van der Waals surface area contributed by atoms with E-state index in [2.05, 4.69) is 27.0 Å². The first-order valence-electron chi connectivity index (χ1n) is 9.55. The van der Waals surface area contributed by atoms with E-state index in [1.165, 1.54) is 12.8 Å². The molecule has 0 spiro atoms. The SMILES string of the molecule is Cc1cc(OCc2nnc(SCC3CC3)n2-c2cccnc2)ccc1C#CCO. The maximum atomic E-state index is 8.86. The number of hydrogen-bond donors (Lipinski definition) is 1. The normalized spacial score (nSPS) is 13.0. The van der Waals surface area contributed by atoms with E-state index >= 15 is 0 Å². The number of nitrogens with zero attached hydrogens (tertiary/aromatic N) is 4. The quantitative estimate of drug-likeness (QED) is 0.479. The van der Waals surface area contributed by atoms with Crippen LogP contribution in [0.2, 0.25) is 0 Å². The highest BCUT2D eigenvalue weighted by molar-refractivity contribution is 7.99. The molecule has 29 heavy (non-hydrogen) atoms. The van der Waals surface area contributed by atoms with Crippen molar-refractivity contribution < 1.29 is 9.84 Å². The topological polar surface area (TPSA) is 73.1 Å². The van der Waals surface area contributed by atoms with Crippen LogP contribution in [0, 0.1) is 24.7 Å². The van der Waals surface area contributed by atoms with Crippen LogP contribution in [0.3, 0.4) is 0 Å². The van der Waals surface area contributed by atoms with Gasteiger partial charge in [-0.2, -0.15) is 0 Å². The van der Waals surface area contributed by atoms with E-state index in [1.54, 1.807) is 18.0 Å². The van der Waals surface area contributed by atoms with Crippen LogP contribution >= 0.6 is 11.8 Å². The maximum Gasteiger partial charge on any atom is 0.195 e. The average molecular weight is 407 g/mol. The summed E-state index contributed by atoms with van der Waals surface area (Å²) < 4.78 is 8.02. The van der Waals surface area contributed by atoms with Gasteiger partial charge in [0.15, 0.2) is 11.0 Å². The predicted molar refractivity (Wildman–Crippen MR) is 112 cm³/mol. The molecule has 0 saturated heterocycles. The van der Waals surface area contributed by atoms with E-state index in [0.717, 1.165) is 45.2 Å². The van der Waals surface area contributed by atoms with Gasteiger partial charge in [-0.05, 0) is 61.6 Å². The highest BCUT2D eigenvalue weighted by atomic mass is 32.2. The Bertz CT molecular complexity index is 1040. The zero-order chi connectivity index (χ0) is 20.1. The van der Waals surface area contributed by atoms with E-state index in [0.29, 0.717) is 6.61 Å². The second-order valence-corrected chi connectivity index (χ2v) is 7.91. The number of thioether (sulfide) groups is 1. The Morgan fingerprint density at radius 1 is 1.28 bits per heavy atom. The predicted octanol–water partition coefficient (Wildman–Crippen LogP) is 3.40. The van der Waals surface area contributed by atoms with Gasteiger partial charge in [0.05, 0.1) is 11.9 Å². The van der Waals surface area contributed by atoms with Crippen LogP contribution in [0.15, 0.2) is 47.9 Å². The van der Waals surface area contributed by atoms with E-state index < -0.39 is 0 Å². The Hall–Kier alpha value is -2.82. The van der Waals surface area contributed by atoms with Crippen LogP contribution in [-0.4, -0.2) is 37.2 Å². The van der Waals surface area contributed by atoms with Crippen molar-refractivity contribution >= 4 is 11.8 Å². The lowest BCUT2D eigenvalue weighted by molar-refractivity contribution is 0.292. The number of aryl methyl sites for hydroxylation is 1. The summed E-state index contributed by atoms with van der Waals surface area (Å²) >= 11 is 1.74. The Kier molecular flexibility index (Phi) is 6.13. The maximum absolute atomic E-state index is 8.86. The zero-order valence-corrected chi connectivity index (χ0v) is 17.0. The van der Waals surface area contributed by atoms with Gasteiger partial charge in [0.1, 0.15) is 19.0 Å². The molecule has 1 aliphatic rings. The first-order valence-corrected chi connectivity index (χ1v) is 10.5.